The van der Waals surface area contributed by atoms with Gasteiger partial charge in [0.2, 0.25) is 0 Å². The van der Waals surface area contributed by atoms with Crippen LogP contribution in [0, 0.1) is 6.92 Å². The Morgan fingerprint density at radius 2 is 2.18 bits per heavy atom. The van der Waals surface area contributed by atoms with Crippen LogP contribution in [0.25, 0.3) is 5.69 Å². The third kappa shape index (κ3) is 2.07. The summed E-state index contributed by atoms with van der Waals surface area (Å²) in [5.74, 6) is -0.536. The smallest absolute Gasteiger partial charge is 0.358 e. The average molecular weight is 299 g/mol. The largest absolute Gasteiger partial charge is 0.461 e. The van der Waals surface area contributed by atoms with E-state index in [4.69, 9.17) is 4.74 Å². The number of imidazole rings is 1. The molecule has 0 fully saturated rings. The van der Waals surface area contributed by atoms with Crippen LogP contribution in [0.4, 0.5) is 0 Å². The Bertz CT molecular complexity index is 764. The molecule has 2 aromatic rings. The van der Waals surface area contributed by atoms with Crippen molar-refractivity contribution in [2.75, 3.05) is 13.7 Å². The first kappa shape index (κ1) is 14.3. The fourth-order valence-electron chi connectivity index (χ4n) is 2.74. The maximum absolute atomic E-state index is 12.5. The van der Waals surface area contributed by atoms with Crippen LogP contribution >= 0.6 is 0 Å². The van der Waals surface area contributed by atoms with Gasteiger partial charge in [-0.1, -0.05) is 12.1 Å². The lowest BCUT2D eigenvalue weighted by Gasteiger charge is -2.14. The second-order valence-corrected chi connectivity index (χ2v) is 5.26. The Kier molecular flexibility index (Phi) is 3.44. The Morgan fingerprint density at radius 3 is 2.91 bits per heavy atom. The first-order valence-corrected chi connectivity index (χ1v) is 7.13. The minimum atomic E-state index is -0.464. The van der Waals surface area contributed by atoms with E-state index in [-0.39, 0.29) is 18.2 Å². The number of fused-ring (bicyclic) bond motifs is 3. The second kappa shape index (κ2) is 5.29. The fourth-order valence-corrected chi connectivity index (χ4v) is 2.74. The van der Waals surface area contributed by atoms with Crippen LogP contribution in [0.15, 0.2) is 24.5 Å². The molecule has 22 heavy (non-hydrogen) atoms. The topological polar surface area (TPSA) is 64.4 Å². The maximum atomic E-state index is 12.5. The number of rotatable bonds is 2. The number of aromatic nitrogens is 2. The van der Waals surface area contributed by atoms with Crippen LogP contribution in [0.1, 0.15) is 39.0 Å². The van der Waals surface area contributed by atoms with E-state index < -0.39 is 5.97 Å². The summed E-state index contributed by atoms with van der Waals surface area (Å²) in [6.45, 7) is 4.28. The Labute approximate surface area is 128 Å². The van der Waals surface area contributed by atoms with E-state index >= 15 is 0 Å². The molecule has 0 atom stereocenters. The van der Waals surface area contributed by atoms with E-state index in [9.17, 15) is 9.59 Å². The Hall–Kier alpha value is -2.63. The van der Waals surface area contributed by atoms with Crippen LogP contribution in [-0.4, -0.2) is 40.0 Å². The molecule has 0 radical (unpaired) electrons. The predicted octanol–water partition coefficient (Wildman–Crippen LogP) is 1.94. The van der Waals surface area contributed by atoms with Gasteiger partial charge in [0.05, 0.1) is 30.1 Å². The molecule has 0 bridgehead atoms. The second-order valence-electron chi connectivity index (χ2n) is 5.26. The van der Waals surface area contributed by atoms with E-state index in [1.807, 2.05) is 23.6 Å². The summed E-state index contributed by atoms with van der Waals surface area (Å²) in [4.78, 5) is 30.4. The first-order chi connectivity index (χ1) is 10.5. The normalized spacial score (nSPS) is 13.4. The summed E-state index contributed by atoms with van der Waals surface area (Å²) in [5.41, 5.74) is 3.26. The van der Waals surface area contributed by atoms with Crippen molar-refractivity contribution < 1.29 is 14.3 Å². The van der Waals surface area contributed by atoms with E-state index in [0.717, 1.165) is 11.3 Å². The molecule has 0 aliphatic carbocycles. The highest BCUT2D eigenvalue weighted by Crippen LogP contribution is 2.28. The number of aryl methyl sites for hydroxylation is 1. The molecule has 1 amide bonds. The quantitative estimate of drug-likeness (QED) is 0.795. The number of ether oxygens (including phenoxy) is 1. The summed E-state index contributed by atoms with van der Waals surface area (Å²) < 4.78 is 6.87. The number of hydrogen-bond acceptors (Lipinski definition) is 4. The van der Waals surface area contributed by atoms with Gasteiger partial charge in [-0.25, -0.2) is 9.78 Å². The molecular formula is C16H17N3O3. The van der Waals surface area contributed by atoms with Crippen molar-refractivity contribution in [1.82, 2.24) is 14.5 Å². The van der Waals surface area contributed by atoms with Gasteiger partial charge in [-0.3, -0.25) is 9.36 Å². The van der Waals surface area contributed by atoms with E-state index in [0.29, 0.717) is 17.8 Å². The van der Waals surface area contributed by atoms with Crippen molar-refractivity contribution in [2.45, 2.75) is 20.4 Å². The molecule has 0 N–H and O–H groups in total. The van der Waals surface area contributed by atoms with Crippen molar-refractivity contribution in [3.05, 3.63) is 47.0 Å². The zero-order valence-corrected chi connectivity index (χ0v) is 12.8. The van der Waals surface area contributed by atoms with Gasteiger partial charge in [0, 0.05) is 7.05 Å². The molecule has 6 nitrogen and oxygen atoms in total. The van der Waals surface area contributed by atoms with Crippen molar-refractivity contribution in [1.29, 1.82) is 0 Å². The number of amides is 1. The molecule has 1 aromatic heterocycles. The number of carbonyl (C=O) groups is 2. The number of nitrogens with zero attached hydrogens (tertiary/aromatic N) is 3. The highest BCUT2D eigenvalue weighted by atomic mass is 16.5. The van der Waals surface area contributed by atoms with Crippen LogP contribution < -0.4 is 0 Å². The van der Waals surface area contributed by atoms with E-state index in [2.05, 4.69) is 4.98 Å². The molecule has 1 aromatic carbocycles. The molecule has 0 unspecified atom stereocenters. The van der Waals surface area contributed by atoms with Gasteiger partial charge < -0.3 is 9.64 Å². The average Bonchev–Trinajstić information content (AvgIpc) is 2.85. The van der Waals surface area contributed by atoms with Gasteiger partial charge in [0.25, 0.3) is 5.91 Å². The summed E-state index contributed by atoms with van der Waals surface area (Å²) in [7, 11) is 1.71. The highest BCUT2D eigenvalue weighted by Gasteiger charge is 2.29. The van der Waals surface area contributed by atoms with Gasteiger partial charge in [0.15, 0.2) is 5.69 Å². The SMILES string of the molecule is CCOC(=O)c1ncn2c1CN(C)C(=O)c1cccc(C)c1-2. The lowest BCUT2D eigenvalue weighted by molar-refractivity contribution is 0.0516. The maximum Gasteiger partial charge on any atom is 0.358 e. The fraction of sp³-hybridized carbons (Fsp3) is 0.312. The van der Waals surface area contributed by atoms with Crippen LogP contribution in [0.2, 0.25) is 0 Å². The van der Waals surface area contributed by atoms with E-state index in [1.165, 1.54) is 0 Å². The van der Waals surface area contributed by atoms with Gasteiger partial charge in [-0.2, -0.15) is 0 Å². The summed E-state index contributed by atoms with van der Waals surface area (Å²) in [5, 5.41) is 0. The van der Waals surface area contributed by atoms with Crippen LogP contribution in [-0.2, 0) is 11.3 Å². The molecule has 3 rings (SSSR count). The lowest BCUT2D eigenvalue weighted by Crippen LogP contribution is -2.25. The molecule has 2 heterocycles. The number of benzene rings is 1. The molecular weight excluding hydrogens is 282 g/mol. The lowest BCUT2D eigenvalue weighted by atomic mass is 10.1. The molecule has 114 valence electrons. The molecule has 0 saturated carbocycles. The minimum Gasteiger partial charge on any atom is -0.461 e. The highest BCUT2D eigenvalue weighted by molar-refractivity contribution is 5.99. The molecule has 6 heteroatoms. The van der Waals surface area contributed by atoms with Gasteiger partial charge in [-0.05, 0) is 25.5 Å². The number of hydrogen-bond donors (Lipinski definition) is 0. The van der Waals surface area contributed by atoms with Gasteiger partial charge >= 0.3 is 5.97 Å². The van der Waals surface area contributed by atoms with Gasteiger partial charge in [0.1, 0.15) is 6.33 Å². The third-order valence-corrected chi connectivity index (χ3v) is 3.78. The third-order valence-electron chi connectivity index (χ3n) is 3.78. The zero-order valence-electron chi connectivity index (χ0n) is 12.8. The molecule has 0 spiro atoms. The zero-order chi connectivity index (χ0) is 15.9. The Morgan fingerprint density at radius 1 is 1.41 bits per heavy atom. The summed E-state index contributed by atoms with van der Waals surface area (Å²) >= 11 is 0. The van der Waals surface area contributed by atoms with Crippen molar-refractivity contribution in [3.8, 4) is 5.69 Å². The Balaban J connectivity index is 2.24. The van der Waals surface area contributed by atoms with Crippen molar-refractivity contribution in [2.24, 2.45) is 0 Å². The number of esters is 1. The minimum absolute atomic E-state index is 0.0720. The monoisotopic (exact) mass is 299 g/mol. The molecule has 1 aliphatic rings. The molecule has 0 saturated heterocycles. The number of carbonyl (C=O) groups excluding carboxylic acids is 2. The van der Waals surface area contributed by atoms with Crippen molar-refractivity contribution >= 4 is 11.9 Å². The van der Waals surface area contributed by atoms with Crippen molar-refractivity contribution in [3.63, 3.8) is 0 Å². The number of para-hydroxylation sites is 1. The predicted molar refractivity (Wildman–Crippen MR) is 80.1 cm³/mol. The van der Waals surface area contributed by atoms with Crippen LogP contribution in [0.3, 0.4) is 0 Å². The first-order valence-electron chi connectivity index (χ1n) is 7.13. The van der Waals surface area contributed by atoms with Gasteiger partial charge in [-0.15, -0.1) is 0 Å². The summed E-state index contributed by atoms with van der Waals surface area (Å²) in [6, 6.07) is 5.58. The standard InChI is InChI=1S/C16H17N3O3/c1-4-22-16(21)13-12-8-18(3)15(20)11-7-5-6-10(2)14(11)19(12)9-17-13/h5-7,9H,4,8H2,1-3H3. The van der Waals surface area contributed by atoms with E-state index in [1.54, 1.807) is 31.3 Å². The van der Waals surface area contributed by atoms with Crippen LogP contribution in [0.5, 0.6) is 0 Å². The summed E-state index contributed by atoms with van der Waals surface area (Å²) in [6.07, 6.45) is 1.58. The molecule has 1 aliphatic heterocycles.